The number of halogens is 1. The van der Waals surface area contributed by atoms with Crippen LogP contribution in [-0.2, 0) is 4.79 Å². The summed E-state index contributed by atoms with van der Waals surface area (Å²) in [5, 5.41) is 6.79. The third-order valence-electron chi connectivity index (χ3n) is 4.12. The van der Waals surface area contributed by atoms with E-state index in [0.717, 1.165) is 30.6 Å². The molecule has 0 aliphatic carbocycles. The van der Waals surface area contributed by atoms with E-state index in [2.05, 4.69) is 15.6 Å². The first-order valence-corrected chi connectivity index (χ1v) is 8.28. The fraction of sp³-hybridized carbons (Fsp3) is 0.222. The molecule has 2 aromatic carbocycles. The summed E-state index contributed by atoms with van der Waals surface area (Å²) in [5.74, 6) is 0.524. The Hall–Kier alpha value is -2.37. The van der Waals surface area contributed by atoms with Gasteiger partial charge in [0.25, 0.3) is 0 Å². The molecule has 1 amide bonds. The highest BCUT2D eigenvalue weighted by atomic mass is 35.5. The molecule has 1 aliphatic rings. The van der Waals surface area contributed by atoms with E-state index in [1.807, 2.05) is 30.3 Å². The Bertz CT molecular complexity index is 883. The number of nitrogens with one attached hydrogen (secondary N) is 2. The molecule has 0 spiro atoms. The van der Waals surface area contributed by atoms with Gasteiger partial charge in [0, 0.05) is 16.3 Å². The van der Waals surface area contributed by atoms with Crippen LogP contribution in [0.2, 0.25) is 5.02 Å². The number of carbonyl (C=O) groups is 1. The monoisotopic (exact) mass is 341 g/mol. The summed E-state index contributed by atoms with van der Waals surface area (Å²) in [6, 6.07) is 12.7. The van der Waals surface area contributed by atoms with Gasteiger partial charge in [-0.05, 0) is 61.9 Å². The van der Waals surface area contributed by atoms with Gasteiger partial charge in [-0.25, -0.2) is 4.98 Å². The van der Waals surface area contributed by atoms with Gasteiger partial charge in [-0.15, -0.1) is 0 Å². The number of oxazole rings is 1. The molecule has 1 aromatic heterocycles. The minimum Gasteiger partial charge on any atom is -0.436 e. The molecule has 24 heavy (non-hydrogen) atoms. The highest BCUT2D eigenvalue weighted by Gasteiger charge is 2.22. The Morgan fingerprint density at radius 3 is 2.83 bits per heavy atom. The number of hydrogen-bond acceptors (Lipinski definition) is 4. The maximum atomic E-state index is 12.2. The first-order chi connectivity index (χ1) is 11.7. The van der Waals surface area contributed by atoms with Gasteiger partial charge in [0.05, 0.1) is 6.04 Å². The summed E-state index contributed by atoms with van der Waals surface area (Å²) in [4.78, 5) is 16.7. The van der Waals surface area contributed by atoms with Gasteiger partial charge < -0.3 is 15.1 Å². The number of nitrogens with zero attached hydrogens (tertiary/aromatic N) is 1. The first-order valence-electron chi connectivity index (χ1n) is 7.90. The lowest BCUT2D eigenvalue weighted by atomic mass is 10.2. The van der Waals surface area contributed by atoms with Crippen molar-refractivity contribution in [2.75, 3.05) is 11.9 Å². The second kappa shape index (κ2) is 6.26. The molecule has 0 radical (unpaired) electrons. The number of rotatable bonds is 3. The molecule has 2 heterocycles. The van der Waals surface area contributed by atoms with Crippen molar-refractivity contribution >= 4 is 34.3 Å². The van der Waals surface area contributed by atoms with Gasteiger partial charge in [0.2, 0.25) is 11.8 Å². The molecular formula is C18H16ClN3O2. The van der Waals surface area contributed by atoms with Gasteiger partial charge in [0.1, 0.15) is 5.52 Å². The van der Waals surface area contributed by atoms with E-state index < -0.39 is 0 Å². The maximum Gasteiger partial charge on any atom is 0.241 e. The summed E-state index contributed by atoms with van der Waals surface area (Å²) in [7, 11) is 0. The van der Waals surface area contributed by atoms with Crippen LogP contribution in [0.4, 0.5) is 5.69 Å². The van der Waals surface area contributed by atoms with Crippen molar-refractivity contribution in [1.82, 2.24) is 10.3 Å². The van der Waals surface area contributed by atoms with E-state index in [9.17, 15) is 4.79 Å². The van der Waals surface area contributed by atoms with Gasteiger partial charge >= 0.3 is 0 Å². The van der Waals surface area contributed by atoms with Crippen LogP contribution in [0.1, 0.15) is 12.8 Å². The minimum absolute atomic E-state index is 0.00623. The highest BCUT2D eigenvalue weighted by molar-refractivity contribution is 6.30. The molecule has 0 bridgehead atoms. The Labute approximate surface area is 144 Å². The topological polar surface area (TPSA) is 67.2 Å². The Morgan fingerprint density at radius 2 is 2.08 bits per heavy atom. The number of hydrogen-bond donors (Lipinski definition) is 2. The number of amides is 1. The molecule has 5 nitrogen and oxygen atoms in total. The molecule has 6 heteroatoms. The van der Waals surface area contributed by atoms with E-state index in [1.165, 1.54) is 0 Å². The van der Waals surface area contributed by atoms with Crippen molar-refractivity contribution in [1.29, 1.82) is 0 Å². The molecule has 1 fully saturated rings. The summed E-state index contributed by atoms with van der Waals surface area (Å²) in [6.45, 7) is 0.894. The number of benzene rings is 2. The van der Waals surface area contributed by atoms with Crippen molar-refractivity contribution in [3.05, 3.63) is 47.5 Å². The lowest BCUT2D eigenvalue weighted by Gasteiger charge is -2.10. The van der Waals surface area contributed by atoms with E-state index in [4.69, 9.17) is 16.0 Å². The van der Waals surface area contributed by atoms with Gasteiger partial charge in [-0.2, -0.15) is 0 Å². The Kier molecular flexibility index (Phi) is 3.96. The molecule has 1 aliphatic heterocycles. The molecule has 1 atom stereocenters. The summed E-state index contributed by atoms with van der Waals surface area (Å²) in [5.41, 5.74) is 2.96. The molecular weight excluding hydrogens is 326 g/mol. The number of carbonyl (C=O) groups excluding carboxylic acids is 1. The van der Waals surface area contributed by atoms with Crippen LogP contribution in [0.15, 0.2) is 46.9 Å². The average Bonchev–Trinajstić information content (AvgIpc) is 3.24. The van der Waals surface area contributed by atoms with E-state index >= 15 is 0 Å². The van der Waals surface area contributed by atoms with Crippen LogP contribution in [0.3, 0.4) is 0 Å². The summed E-state index contributed by atoms with van der Waals surface area (Å²) in [6.07, 6.45) is 1.91. The quantitative estimate of drug-likeness (QED) is 0.759. The van der Waals surface area contributed by atoms with Crippen molar-refractivity contribution in [2.24, 2.45) is 0 Å². The fourth-order valence-electron chi connectivity index (χ4n) is 2.86. The Morgan fingerprint density at radius 1 is 1.25 bits per heavy atom. The second-order valence-electron chi connectivity index (χ2n) is 5.85. The average molecular weight is 342 g/mol. The molecule has 122 valence electrons. The molecule has 0 unspecified atom stereocenters. The summed E-state index contributed by atoms with van der Waals surface area (Å²) < 4.78 is 5.77. The van der Waals surface area contributed by atoms with Crippen molar-refractivity contribution in [3.8, 4) is 11.5 Å². The van der Waals surface area contributed by atoms with Crippen LogP contribution in [0, 0.1) is 0 Å². The second-order valence-corrected chi connectivity index (χ2v) is 6.28. The normalized spacial score (nSPS) is 17.3. The molecule has 3 aromatic rings. The molecule has 1 saturated heterocycles. The fourth-order valence-corrected chi connectivity index (χ4v) is 2.98. The van der Waals surface area contributed by atoms with E-state index in [1.54, 1.807) is 12.1 Å². The minimum atomic E-state index is -0.109. The smallest absolute Gasteiger partial charge is 0.241 e. The van der Waals surface area contributed by atoms with Crippen LogP contribution in [-0.4, -0.2) is 23.5 Å². The zero-order chi connectivity index (χ0) is 16.5. The van der Waals surface area contributed by atoms with E-state index in [-0.39, 0.29) is 11.9 Å². The number of fused-ring (bicyclic) bond motifs is 1. The largest absolute Gasteiger partial charge is 0.436 e. The van der Waals surface area contributed by atoms with E-state index in [0.29, 0.717) is 22.0 Å². The third kappa shape index (κ3) is 3.00. The lowest BCUT2D eigenvalue weighted by Crippen LogP contribution is -2.35. The lowest BCUT2D eigenvalue weighted by molar-refractivity contribution is -0.117. The predicted octanol–water partition coefficient (Wildman–Crippen LogP) is 3.84. The predicted molar refractivity (Wildman–Crippen MR) is 94.1 cm³/mol. The third-order valence-corrected chi connectivity index (χ3v) is 4.38. The zero-order valence-electron chi connectivity index (χ0n) is 12.9. The number of anilines is 1. The van der Waals surface area contributed by atoms with Gasteiger partial charge in [-0.3, -0.25) is 4.79 Å². The van der Waals surface area contributed by atoms with Crippen molar-refractivity contribution < 1.29 is 9.21 Å². The molecule has 4 rings (SSSR count). The standard InChI is InChI=1S/C18H16ClN3O2/c19-12-5-3-11(4-6-12)18-22-15-10-13(7-8-16(15)24-18)21-17(23)14-2-1-9-20-14/h3-8,10,14,20H,1-2,9H2,(H,21,23)/t14-/m0/s1. The van der Waals surface area contributed by atoms with Crippen LogP contribution in [0.5, 0.6) is 0 Å². The van der Waals surface area contributed by atoms with Crippen LogP contribution >= 0.6 is 11.6 Å². The Balaban J connectivity index is 1.58. The van der Waals surface area contributed by atoms with Crippen LogP contribution < -0.4 is 10.6 Å². The van der Waals surface area contributed by atoms with Gasteiger partial charge in [0.15, 0.2) is 5.58 Å². The first kappa shape index (κ1) is 15.2. The van der Waals surface area contributed by atoms with Crippen molar-refractivity contribution in [2.45, 2.75) is 18.9 Å². The van der Waals surface area contributed by atoms with Crippen molar-refractivity contribution in [3.63, 3.8) is 0 Å². The maximum absolute atomic E-state index is 12.2. The molecule has 0 saturated carbocycles. The van der Waals surface area contributed by atoms with Crippen LogP contribution in [0.25, 0.3) is 22.6 Å². The number of aromatic nitrogens is 1. The highest BCUT2D eigenvalue weighted by Crippen LogP contribution is 2.27. The van der Waals surface area contributed by atoms with Gasteiger partial charge in [-0.1, -0.05) is 11.6 Å². The zero-order valence-corrected chi connectivity index (χ0v) is 13.6. The molecule has 2 N–H and O–H groups in total. The SMILES string of the molecule is O=C(Nc1ccc2oc(-c3ccc(Cl)cc3)nc2c1)[C@@H]1CCCN1. The summed E-state index contributed by atoms with van der Waals surface area (Å²) >= 11 is 5.90.